The Morgan fingerprint density at radius 2 is 2.05 bits per heavy atom. The standard InChI is InChI=1S/C17H14O2S2/c1-17(2)9-19-12-4-3-10(7-11(12)17)16(18)15-8-14-13(21-15)5-6-20-14/h3-8H,9H2,1-2H3. The van der Waals surface area contributed by atoms with E-state index in [-0.39, 0.29) is 11.2 Å². The van der Waals surface area contributed by atoms with Crippen molar-refractivity contribution in [2.45, 2.75) is 19.3 Å². The summed E-state index contributed by atoms with van der Waals surface area (Å²) in [5, 5.41) is 2.06. The van der Waals surface area contributed by atoms with Gasteiger partial charge in [-0.05, 0) is 35.7 Å². The van der Waals surface area contributed by atoms with E-state index < -0.39 is 0 Å². The van der Waals surface area contributed by atoms with E-state index in [4.69, 9.17) is 4.74 Å². The highest BCUT2D eigenvalue weighted by molar-refractivity contribution is 7.28. The molecule has 0 spiro atoms. The molecule has 4 rings (SSSR count). The monoisotopic (exact) mass is 314 g/mol. The Hall–Kier alpha value is -1.65. The maximum atomic E-state index is 12.7. The summed E-state index contributed by atoms with van der Waals surface area (Å²) in [7, 11) is 0. The van der Waals surface area contributed by atoms with Crippen molar-refractivity contribution in [2.75, 3.05) is 6.61 Å². The molecule has 0 radical (unpaired) electrons. The Balaban J connectivity index is 1.77. The van der Waals surface area contributed by atoms with Gasteiger partial charge in [0.05, 0.1) is 11.5 Å². The van der Waals surface area contributed by atoms with Gasteiger partial charge >= 0.3 is 0 Å². The fraction of sp³-hybridized carbons (Fsp3) is 0.235. The second-order valence-electron chi connectivity index (χ2n) is 5.97. The van der Waals surface area contributed by atoms with Crippen LogP contribution in [0.5, 0.6) is 5.75 Å². The number of rotatable bonds is 2. The van der Waals surface area contributed by atoms with Crippen molar-refractivity contribution in [1.29, 1.82) is 0 Å². The molecule has 4 heteroatoms. The number of fused-ring (bicyclic) bond motifs is 2. The van der Waals surface area contributed by atoms with Gasteiger partial charge in [-0.25, -0.2) is 0 Å². The minimum Gasteiger partial charge on any atom is -0.492 e. The summed E-state index contributed by atoms with van der Waals surface area (Å²) in [5.41, 5.74) is 1.86. The van der Waals surface area contributed by atoms with Crippen LogP contribution in [0.1, 0.15) is 34.6 Å². The molecule has 0 bridgehead atoms. The van der Waals surface area contributed by atoms with Gasteiger partial charge in [0, 0.05) is 25.9 Å². The van der Waals surface area contributed by atoms with Crippen LogP contribution in [0, 0.1) is 0 Å². The fourth-order valence-electron chi connectivity index (χ4n) is 2.68. The second kappa shape index (κ2) is 4.42. The Kier molecular flexibility index (Phi) is 2.75. The van der Waals surface area contributed by atoms with Crippen molar-refractivity contribution in [3.63, 3.8) is 0 Å². The molecule has 3 heterocycles. The molecule has 2 nitrogen and oxygen atoms in total. The minimum atomic E-state index is -0.0264. The predicted octanol–water partition coefficient (Wildman–Crippen LogP) is 4.86. The van der Waals surface area contributed by atoms with Crippen molar-refractivity contribution < 1.29 is 9.53 Å². The first kappa shape index (κ1) is 13.0. The molecular weight excluding hydrogens is 300 g/mol. The summed E-state index contributed by atoms with van der Waals surface area (Å²) >= 11 is 3.25. The first-order chi connectivity index (χ1) is 10.0. The van der Waals surface area contributed by atoms with Crippen LogP contribution in [0.15, 0.2) is 35.7 Å². The Labute approximate surface area is 131 Å². The number of benzene rings is 1. The van der Waals surface area contributed by atoms with Crippen molar-refractivity contribution in [3.05, 3.63) is 51.7 Å². The van der Waals surface area contributed by atoms with Gasteiger partial charge < -0.3 is 4.74 Å². The van der Waals surface area contributed by atoms with Crippen LogP contribution < -0.4 is 4.74 Å². The first-order valence-electron chi connectivity index (χ1n) is 6.84. The number of carbonyl (C=O) groups excluding carboxylic acids is 1. The van der Waals surface area contributed by atoms with E-state index in [1.165, 1.54) is 9.40 Å². The molecule has 1 aliphatic rings. The lowest BCUT2D eigenvalue weighted by molar-refractivity contribution is 0.104. The lowest BCUT2D eigenvalue weighted by Gasteiger charge is -2.15. The Morgan fingerprint density at radius 3 is 2.86 bits per heavy atom. The van der Waals surface area contributed by atoms with Crippen LogP contribution in [0.4, 0.5) is 0 Å². The van der Waals surface area contributed by atoms with Crippen LogP contribution in [-0.4, -0.2) is 12.4 Å². The van der Waals surface area contributed by atoms with Crippen LogP contribution in [0.25, 0.3) is 9.40 Å². The summed E-state index contributed by atoms with van der Waals surface area (Å²) in [6.07, 6.45) is 0. The lowest BCUT2D eigenvalue weighted by Crippen LogP contribution is -2.18. The average molecular weight is 314 g/mol. The Bertz CT molecular complexity index is 826. The molecule has 0 aliphatic carbocycles. The smallest absolute Gasteiger partial charge is 0.203 e. The molecule has 0 saturated heterocycles. The van der Waals surface area contributed by atoms with Gasteiger partial charge in [0.2, 0.25) is 5.78 Å². The van der Waals surface area contributed by atoms with E-state index >= 15 is 0 Å². The van der Waals surface area contributed by atoms with Crippen LogP contribution >= 0.6 is 22.7 Å². The molecule has 106 valence electrons. The van der Waals surface area contributed by atoms with Crippen molar-refractivity contribution in [2.24, 2.45) is 0 Å². The fourth-order valence-corrected chi connectivity index (χ4v) is 4.75. The second-order valence-corrected chi connectivity index (χ2v) is 8.00. The molecule has 0 saturated carbocycles. The van der Waals surface area contributed by atoms with Gasteiger partial charge in [-0.1, -0.05) is 13.8 Å². The molecule has 1 aromatic carbocycles. The number of carbonyl (C=O) groups is 1. The van der Waals surface area contributed by atoms with Gasteiger partial charge in [-0.15, -0.1) is 22.7 Å². The summed E-state index contributed by atoms with van der Waals surface area (Å²) in [6, 6.07) is 9.87. The Morgan fingerprint density at radius 1 is 1.19 bits per heavy atom. The van der Waals surface area contributed by atoms with Crippen LogP contribution in [0.3, 0.4) is 0 Å². The molecule has 0 amide bonds. The van der Waals surface area contributed by atoms with Gasteiger partial charge in [0.25, 0.3) is 0 Å². The van der Waals surface area contributed by atoms with E-state index in [1.807, 2.05) is 24.3 Å². The molecule has 0 atom stereocenters. The van der Waals surface area contributed by atoms with Gasteiger partial charge in [0.1, 0.15) is 5.75 Å². The SMILES string of the molecule is CC1(C)COc2ccc(C(=O)c3cc4sccc4s3)cc21. The van der Waals surface area contributed by atoms with E-state index in [1.54, 1.807) is 22.7 Å². The third-order valence-electron chi connectivity index (χ3n) is 3.92. The highest BCUT2D eigenvalue weighted by Gasteiger charge is 2.32. The minimum absolute atomic E-state index is 0.0264. The zero-order chi connectivity index (χ0) is 14.6. The van der Waals surface area contributed by atoms with Gasteiger partial charge in [-0.2, -0.15) is 0 Å². The zero-order valence-corrected chi connectivity index (χ0v) is 13.4. The molecule has 3 aromatic rings. The van der Waals surface area contributed by atoms with Gasteiger partial charge in [-0.3, -0.25) is 4.79 Å². The number of hydrogen-bond donors (Lipinski definition) is 0. The third kappa shape index (κ3) is 2.01. The van der Waals surface area contributed by atoms with Crippen LogP contribution in [-0.2, 0) is 5.41 Å². The molecule has 0 N–H and O–H groups in total. The maximum Gasteiger partial charge on any atom is 0.203 e. The molecule has 0 unspecified atom stereocenters. The summed E-state index contributed by atoms with van der Waals surface area (Å²) in [6.45, 7) is 4.97. The average Bonchev–Trinajstić information content (AvgIpc) is 3.11. The molecule has 1 aliphatic heterocycles. The van der Waals surface area contributed by atoms with E-state index in [2.05, 4.69) is 25.3 Å². The van der Waals surface area contributed by atoms with Crippen molar-refractivity contribution >= 4 is 37.9 Å². The number of thiophene rings is 2. The molecule has 0 fully saturated rings. The topological polar surface area (TPSA) is 26.3 Å². The van der Waals surface area contributed by atoms with E-state index in [0.29, 0.717) is 6.61 Å². The zero-order valence-electron chi connectivity index (χ0n) is 11.8. The summed E-state index contributed by atoms with van der Waals surface area (Å²) in [5.74, 6) is 1.01. The summed E-state index contributed by atoms with van der Waals surface area (Å²) in [4.78, 5) is 13.5. The van der Waals surface area contributed by atoms with E-state index in [0.717, 1.165) is 21.8 Å². The third-order valence-corrected chi connectivity index (χ3v) is 6.01. The first-order valence-corrected chi connectivity index (χ1v) is 8.53. The highest BCUT2D eigenvalue weighted by Crippen LogP contribution is 2.39. The number of hydrogen-bond acceptors (Lipinski definition) is 4. The normalized spacial score (nSPS) is 15.9. The van der Waals surface area contributed by atoms with Crippen LogP contribution in [0.2, 0.25) is 0 Å². The molecule has 21 heavy (non-hydrogen) atoms. The molecular formula is C17H14O2S2. The quantitative estimate of drug-likeness (QED) is 0.631. The number of ketones is 1. The van der Waals surface area contributed by atoms with E-state index in [9.17, 15) is 4.79 Å². The van der Waals surface area contributed by atoms with Gasteiger partial charge in [0.15, 0.2) is 0 Å². The lowest BCUT2D eigenvalue weighted by atomic mass is 9.86. The predicted molar refractivity (Wildman–Crippen MR) is 88.1 cm³/mol. The number of ether oxygens (including phenoxy) is 1. The van der Waals surface area contributed by atoms with Crippen molar-refractivity contribution in [3.8, 4) is 5.75 Å². The highest BCUT2D eigenvalue weighted by atomic mass is 32.1. The largest absolute Gasteiger partial charge is 0.492 e. The van der Waals surface area contributed by atoms with Crippen molar-refractivity contribution in [1.82, 2.24) is 0 Å². The summed E-state index contributed by atoms with van der Waals surface area (Å²) < 4.78 is 8.06. The molecule has 2 aromatic heterocycles. The maximum absolute atomic E-state index is 12.7.